The third kappa shape index (κ3) is 4.17. The maximum Gasteiger partial charge on any atom is 0.318 e. The van der Waals surface area contributed by atoms with Crippen LogP contribution in [0.4, 0.5) is 4.79 Å². The van der Waals surface area contributed by atoms with Crippen LogP contribution in [0, 0.1) is 5.41 Å². The molecule has 1 aromatic carbocycles. The van der Waals surface area contributed by atoms with Gasteiger partial charge in [0.2, 0.25) is 0 Å². The van der Waals surface area contributed by atoms with Crippen LogP contribution in [0.15, 0.2) is 41.8 Å². The van der Waals surface area contributed by atoms with Crippen LogP contribution in [0.25, 0.3) is 0 Å². The minimum Gasteiger partial charge on any atom is -0.334 e. The van der Waals surface area contributed by atoms with Crippen LogP contribution in [0.5, 0.6) is 0 Å². The summed E-state index contributed by atoms with van der Waals surface area (Å²) in [6.07, 6.45) is 7.21. The molecule has 130 valence electrons. The Hall–Kier alpha value is -1.82. The van der Waals surface area contributed by atoms with Crippen molar-refractivity contribution in [3.63, 3.8) is 0 Å². The van der Waals surface area contributed by atoms with Crippen LogP contribution in [0.3, 0.4) is 0 Å². The van der Waals surface area contributed by atoms with E-state index in [1.807, 2.05) is 23.1 Å². The van der Waals surface area contributed by atoms with E-state index in [9.17, 15) is 13.2 Å². The first-order valence-corrected chi connectivity index (χ1v) is 10.3. The van der Waals surface area contributed by atoms with Crippen molar-refractivity contribution in [1.82, 2.24) is 10.2 Å². The molecule has 1 saturated heterocycles. The molecule has 0 bridgehead atoms. The van der Waals surface area contributed by atoms with Gasteiger partial charge in [0.1, 0.15) is 0 Å². The summed E-state index contributed by atoms with van der Waals surface area (Å²) in [6.45, 7) is 0.968. The molecule has 1 aliphatic carbocycles. The Morgan fingerprint density at radius 3 is 2.62 bits per heavy atom. The molecule has 1 spiro atoms. The lowest BCUT2D eigenvalue weighted by Crippen LogP contribution is -2.46. The van der Waals surface area contributed by atoms with Gasteiger partial charge in [-0.2, -0.15) is 0 Å². The highest BCUT2D eigenvalue weighted by Crippen LogP contribution is 2.58. The highest BCUT2D eigenvalue weighted by molar-refractivity contribution is 7.93. The molecular weight excluding hydrogens is 324 g/mol. The number of nitrogens with one attached hydrogen (secondary N) is 1. The third-order valence-corrected chi connectivity index (χ3v) is 5.69. The molecule has 0 aromatic heterocycles. The summed E-state index contributed by atoms with van der Waals surface area (Å²) in [5.74, 6) is 0. The van der Waals surface area contributed by atoms with Crippen molar-refractivity contribution < 1.29 is 13.2 Å². The van der Waals surface area contributed by atoms with Gasteiger partial charge in [0, 0.05) is 24.8 Å². The molecule has 2 amide bonds. The lowest BCUT2D eigenvalue weighted by Gasteiger charge is -2.40. The Labute approximate surface area is 143 Å². The zero-order chi connectivity index (χ0) is 17.2. The summed E-state index contributed by atoms with van der Waals surface area (Å²) in [5.41, 5.74) is 1.61. The average molecular weight is 348 g/mol. The van der Waals surface area contributed by atoms with Crippen molar-refractivity contribution in [2.45, 2.75) is 31.7 Å². The number of hydrogen-bond acceptors (Lipinski definition) is 3. The largest absolute Gasteiger partial charge is 0.334 e. The summed E-state index contributed by atoms with van der Waals surface area (Å²) >= 11 is 0. The summed E-state index contributed by atoms with van der Waals surface area (Å²) < 4.78 is 22.2. The first kappa shape index (κ1) is 17.0. The first-order valence-electron chi connectivity index (χ1n) is 8.35. The highest BCUT2D eigenvalue weighted by Gasteiger charge is 2.49. The van der Waals surface area contributed by atoms with Gasteiger partial charge in [0.15, 0.2) is 9.84 Å². The molecule has 0 unspecified atom stereocenters. The average Bonchev–Trinajstić information content (AvgIpc) is 3.30. The number of rotatable bonds is 4. The van der Waals surface area contributed by atoms with Crippen LogP contribution in [-0.2, 0) is 9.84 Å². The summed E-state index contributed by atoms with van der Waals surface area (Å²) in [5, 5.41) is 3.93. The fourth-order valence-electron chi connectivity index (χ4n) is 3.45. The van der Waals surface area contributed by atoms with Crippen LogP contribution < -0.4 is 5.32 Å². The van der Waals surface area contributed by atoms with E-state index in [0.717, 1.165) is 31.1 Å². The predicted octanol–water partition coefficient (Wildman–Crippen LogP) is 2.87. The maximum absolute atomic E-state index is 12.6. The number of urea groups is 1. The van der Waals surface area contributed by atoms with E-state index in [0.29, 0.717) is 5.41 Å². The number of nitrogens with zero attached hydrogens (tertiary/aromatic N) is 1. The molecular formula is C18H24N2O3S. The maximum atomic E-state index is 12.6. The summed E-state index contributed by atoms with van der Waals surface area (Å²) in [6, 6.07) is 10.1. The van der Waals surface area contributed by atoms with E-state index in [2.05, 4.69) is 17.4 Å². The molecule has 2 fully saturated rings. The lowest BCUT2D eigenvalue weighted by molar-refractivity contribution is 0.120. The standard InChI is InChI=1S/C18H24N2O3S/c1-24(22,23)13-5-11-19-17(21)20-12-10-18(8-9-18)14-16(20)15-6-3-2-4-7-15/h2-7,13,16H,8-12,14H2,1H3,(H,19,21)/b13-5+/t16-/m1/s1. The zero-order valence-electron chi connectivity index (χ0n) is 13.9. The van der Waals surface area contributed by atoms with Gasteiger partial charge < -0.3 is 10.2 Å². The first-order chi connectivity index (χ1) is 11.4. The van der Waals surface area contributed by atoms with E-state index >= 15 is 0 Å². The van der Waals surface area contributed by atoms with Gasteiger partial charge in [-0.15, -0.1) is 0 Å². The van der Waals surface area contributed by atoms with Crippen LogP contribution in [0.1, 0.15) is 37.3 Å². The van der Waals surface area contributed by atoms with Gasteiger partial charge in [0.05, 0.1) is 6.04 Å². The fraction of sp³-hybridized carbons (Fsp3) is 0.500. The number of carbonyl (C=O) groups excluding carboxylic acids is 1. The topological polar surface area (TPSA) is 66.5 Å². The van der Waals surface area contributed by atoms with Crippen LogP contribution >= 0.6 is 0 Å². The van der Waals surface area contributed by atoms with E-state index < -0.39 is 9.84 Å². The Bertz CT molecular complexity index is 724. The smallest absolute Gasteiger partial charge is 0.318 e. The van der Waals surface area contributed by atoms with Gasteiger partial charge in [0.25, 0.3) is 0 Å². The van der Waals surface area contributed by atoms with Gasteiger partial charge in [-0.3, -0.25) is 0 Å². The van der Waals surface area contributed by atoms with Gasteiger partial charge in [-0.25, -0.2) is 13.2 Å². The van der Waals surface area contributed by atoms with Crippen LogP contribution in [0.2, 0.25) is 0 Å². The van der Waals surface area contributed by atoms with Gasteiger partial charge in [-0.05, 0) is 36.7 Å². The van der Waals surface area contributed by atoms with Crippen molar-refractivity contribution in [2.24, 2.45) is 5.41 Å². The number of likely N-dealkylation sites (tertiary alicyclic amines) is 1. The predicted molar refractivity (Wildman–Crippen MR) is 94.2 cm³/mol. The second kappa shape index (κ2) is 6.59. The molecule has 5 nitrogen and oxygen atoms in total. The Balaban J connectivity index is 1.68. The second-order valence-corrected chi connectivity index (χ2v) is 8.89. The van der Waals surface area contributed by atoms with Crippen molar-refractivity contribution in [2.75, 3.05) is 19.3 Å². The summed E-state index contributed by atoms with van der Waals surface area (Å²) in [7, 11) is -3.15. The molecule has 1 saturated carbocycles. The zero-order valence-corrected chi connectivity index (χ0v) is 14.8. The van der Waals surface area contributed by atoms with E-state index in [-0.39, 0.29) is 18.6 Å². The number of amides is 2. The molecule has 24 heavy (non-hydrogen) atoms. The molecule has 3 rings (SSSR count). The molecule has 6 heteroatoms. The minimum absolute atomic E-state index is 0.0985. The van der Waals surface area contributed by atoms with Crippen molar-refractivity contribution in [3.05, 3.63) is 47.4 Å². The van der Waals surface area contributed by atoms with E-state index in [1.165, 1.54) is 24.5 Å². The number of benzene rings is 1. The number of hydrogen-bond donors (Lipinski definition) is 1. The second-order valence-electron chi connectivity index (χ2n) is 6.96. The van der Waals surface area contributed by atoms with Crippen molar-refractivity contribution in [1.29, 1.82) is 0 Å². The summed E-state index contributed by atoms with van der Waals surface area (Å²) in [4.78, 5) is 14.5. The van der Waals surface area contributed by atoms with Gasteiger partial charge in [-0.1, -0.05) is 36.4 Å². The fourth-order valence-corrected chi connectivity index (χ4v) is 3.90. The normalized spacial score (nSPS) is 22.7. The molecule has 1 heterocycles. The number of sulfone groups is 1. The quantitative estimate of drug-likeness (QED) is 0.910. The Morgan fingerprint density at radius 1 is 1.29 bits per heavy atom. The SMILES string of the molecule is CS(=O)(=O)/C=C/CNC(=O)N1CCC2(CC2)C[C@@H]1c1ccccc1. The van der Waals surface area contributed by atoms with Crippen molar-refractivity contribution >= 4 is 15.9 Å². The number of carbonyl (C=O) groups is 1. The molecule has 1 aliphatic heterocycles. The molecule has 1 atom stereocenters. The third-order valence-electron chi connectivity index (χ3n) is 5.00. The monoisotopic (exact) mass is 348 g/mol. The molecule has 2 aliphatic rings. The molecule has 0 radical (unpaired) electrons. The lowest BCUT2D eigenvalue weighted by atomic mass is 9.85. The number of piperidine rings is 1. The highest BCUT2D eigenvalue weighted by atomic mass is 32.2. The van der Waals surface area contributed by atoms with Crippen molar-refractivity contribution in [3.8, 4) is 0 Å². The molecule has 1 N–H and O–H groups in total. The van der Waals surface area contributed by atoms with Crippen LogP contribution in [-0.4, -0.2) is 38.7 Å². The van der Waals surface area contributed by atoms with E-state index in [4.69, 9.17) is 0 Å². The Kier molecular flexibility index (Phi) is 4.67. The van der Waals surface area contributed by atoms with E-state index in [1.54, 1.807) is 0 Å². The Morgan fingerprint density at radius 2 is 2.00 bits per heavy atom. The minimum atomic E-state index is -3.15. The van der Waals surface area contributed by atoms with Gasteiger partial charge >= 0.3 is 6.03 Å². The molecule has 1 aromatic rings.